The summed E-state index contributed by atoms with van der Waals surface area (Å²) in [5.74, 6) is 0.806. The number of rotatable bonds is 8. The van der Waals surface area contributed by atoms with Gasteiger partial charge in [-0.1, -0.05) is 6.07 Å². The maximum atomic E-state index is 14.8. The summed E-state index contributed by atoms with van der Waals surface area (Å²) in [7, 11) is 4.46. The van der Waals surface area contributed by atoms with Crippen molar-refractivity contribution in [3.63, 3.8) is 0 Å². The molecule has 3 aromatic rings. The van der Waals surface area contributed by atoms with Crippen LogP contribution in [0.1, 0.15) is 38.8 Å². The molecule has 1 aliphatic heterocycles. The van der Waals surface area contributed by atoms with E-state index in [1.807, 2.05) is 19.1 Å². The van der Waals surface area contributed by atoms with Crippen LogP contribution >= 0.6 is 0 Å². The van der Waals surface area contributed by atoms with E-state index >= 15 is 0 Å². The average Bonchev–Trinajstić information content (AvgIpc) is 3.28. The minimum atomic E-state index is -0.435. The summed E-state index contributed by atoms with van der Waals surface area (Å²) in [5.41, 5.74) is 3.54. The quantitative estimate of drug-likeness (QED) is 0.456. The standard InChI is InChI=1S/C28H28FNO6/c1-15-8-18-10-20(14-30-28(32)19-12-24(33-3)27(35-5)25(13-19)34-4)36-26(18)22(9-15)21-11-17(16(2)31)6-7-23(21)29/h6-9,11-13,20H,10,14H2,1-5H3,(H,30,32)/t20-/m1/s1. The first kappa shape index (κ1) is 25.0. The first-order valence-electron chi connectivity index (χ1n) is 11.4. The second kappa shape index (κ2) is 10.3. The van der Waals surface area contributed by atoms with Gasteiger partial charge in [0.1, 0.15) is 17.7 Å². The molecular formula is C28H28FNO6. The molecule has 0 saturated heterocycles. The van der Waals surface area contributed by atoms with Crippen molar-refractivity contribution in [2.75, 3.05) is 27.9 Å². The minimum Gasteiger partial charge on any atom is -0.493 e. The van der Waals surface area contributed by atoms with Gasteiger partial charge in [0, 0.05) is 28.7 Å². The number of ketones is 1. The molecule has 188 valence electrons. The van der Waals surface area contributed by atoms with Crippen LogP contribution in [-0.4, -0.2) is 45.7 Å². The Labute approximate surface area is 209 Å². The highest BCUT2D eigenvalue weighted by Crippen LogP contribution is 2.41. The van der Waals surface area contributed by atoms with Crippen LogP contribution in [0.3, 0.4) is 0 Å². The number of aryl methyl sites for hydroxylation is 1. The molecule has 7 nitrogen and oxygen atoms in total. The van der Waals surface area contributed by atoms with Gasteiger partial charge in [0.15, 0.2) is 17.3 Å². The highest BCUT2D eigenvalue weighted by molar-refractivity contribution is 5.96. The molecular weight excluding hydrogens is 465 g/mol. The van der Waals surface area contributed by atoms with Crippen molar-refractivity contribution in [1.29, 1.82) is 0 Å². The number of nitrogens with one attached hydrogen (secondary N) is 1. The molecule has 1 N–H and O–H groups in total. The minimum absolute atomic E-state index is 0.145. The van der Waals surface area contributed by atoms with E-state index in [9.17, 15) is 14.0 Å². The van der Waals surface area contributed by atoms with Crippen LogP contribution in [0, 0.1) is 12.7 Å². The Morgan fingerprint density at radius 2 is 1.67 bits per heavy atom. The van der Waals surface area contributed by atoms with E-state index in [0.717, 1.165) is 11.1 Å². The summed E-state index contributed by atoms with van der Waals surface area (Å²) in [4.78, 5) is 24.8. The van der Waals surface area contributed by atoms with Crippen LogP contribution in [0.15, 0.2) is 42.5 Å². The molecule has 36 heavy (non-hydrogen) atoms. The van der Waals surface area contributed by atoms with Crippen LogP contribution in [0.4, 0.5) is 4.39 Å². The highest BCUT2D eigenvalue weighted by atomic mass is 19.1. The van der Waals surface area contributed by atoms with Crippen molar-refractivity contribution >= 4 is 11.7 Å². The van der Waals surface area contributed by atoms with Crippen LogP contribution < -0.4 is 24.3 Å². The zero-order valence-electron chi connectivity index (χ0n) is 20.9. The van der Waals surface area contributed by atoms with Gasteiger partial charge in [-0.3, -0.25) is 9.59 Å². The van der Waals surface area contributed by atoms with Crippen LogP contribution in [-0.2, 0) is 6.42 Å². The summed E-state index contributed by atoms with van der Waals surface area (Å²) < 4.78 is 36.9. The summed E-state index contributed by atoms with van der Waals surface area (Å²) >= 11 is 0. The highest BCUT2D eigenvalue weighted by Gasteiger charge is 2.28. The fourth-order valence-electron chi connectivity index (χ4n) is 4.38. The SMILES string of the molecule is COc1cc(C(=O)NC[C@H]2Cc3cc(C)cc(-c4cc(C(C)=O)ccc4F)c3O2)cc(OC)c1OC. The van der Waals surface area contributed by atoms with Crippen LogP contribution in [0.2, 0.25) is 0 Å². The number of hydrogen-bond acceptors (Lipinski definition) is 6. The summed E-state index contributed by atoms with van der Waals surface area (Å²) in [6.07, 6.45) is 0.207. The molecule has 3 aromatic carbocycles. The van der Waals surface area contributed by atoms with Crippen molar-refractivity contribution in [1.82, 2.24) is 5.32 Å². The van der Waals surface area contributed by atoms with Crippen molar-refractivity contribution in [2.24, 2.45) is 0 Å². The van der Waals surface area contributed by atoms with E-state index in [0.29, 0.717) is 51.7 Å². The third-order valence-electron chi connectivity index (χ3n) is 6.12. The molecule has 1 amide bonds. The van der Waals surface area contributed by atoms with Gasteiger partial charge in [-0.05, 0) is 61.4 Å². The first-order valence-corrected chi connectivity index (χ1v) is 11.4. The van der Waals surface area contributed by atoms with E-state index in [2.05, 4.69) is 5.32 Å². The number of fused-ring (bicyclic) bond motifs is 1. The number of benzene rings is 3. The van der Waals surface area contributed by atoms with Gasteiger partial charge in [-0.25, -0.2) is 4.39 Å². The van der Waals surface area contributed by atoms with Crippen molar-refractivity contribution in [3.05, 3.63) is 70.5 Å². The monoisotopic (exact) mass is 493 g/mol. The molecule has 0 bridgehead atoms. The lowest BCUT2D eigenvalue weighted by Crippen LogP contribution is -2.34. The van der Waals surface area contributed by atoms with E-state index < -0.39 is 5.82 Å². The fraction of sp³-hybridized carbons (Fsp3) is 0.286. The van der Waals surface area contributed by atoms with Gasteiger partial charge in [0.2, 0.25) is 5.75 Å². The van der Waals surface area contributed by atoms with Crippen molar-refractivity contribution in [3.8, 4) is 34.1 Å². The lowest BCUT2D eigenvalue weighted by Gasteiger charge is -2.16. The number of hydrogen-bond donors (Lipinski definition) is 1. The molecule has 0 fully saturated rings. The van der Waals surface area contributed by atoms with Gasteiger partial charge in [-0.15, -0.1) is 0 Å². The molecule has 0 radical (unpaired) electrons. The second-order valence-corrected chi connectivity index (χ2v) is 8.62. The Morgan fingerprint density at radius 1 is 0.972 bits per heavy atom. The van der Waals surface area contributed by atoms with Crippen molar-refractivity contribution in [2.45, 2.75) is 26.4 Å². The Bertz CT molecular complexity index is 1310. The molecule has 8 heteroatoms. The average molecular weight is 494 g/mol. The third-order valence-corrected chi connectivity index (χ3v) is 6.12. The van der Waals surface area contributed by atoms with Gasteiger partial charge < -0.3 is 24.3 Å². The Hall–Kier alpha value is -4.07. The maximum Gasteiger partial charge on any atom is 0.251 e. The van der Waals surface area contributed by atoms with Gasteiger partial charge in [0.25, 0.3) is 5.91 Å². The summed E-state index contributed by atoms with van der Waals surface area (Å²) in [6, 6.07) is 11.3. The number of amides is 1. The van der Waals surface area contributed by atoms with Crippen LogP contribution in [0.25, 0.3) is 11.1 Å². The molecule has 1 aliphatic rings. The van der Waals surface area contributed by atoms with E-state index in [1.165, 1.54) is 40.4 Å². The number of ether oxygens (including phenoxy) is 4. The molecule has 0 spiro atoms. The topological polar surface area (TPSA) is 83.1 Å². The summed E-state index contributed by atoms with van der Waals surface area (Å²) in [5, 5.41) is 2.89. The number of carbonyl (C=O) groups excluding carboxylic acids is 2. The lowest BCUT2D eigenvalue weighted by molar-refractivity contribution is 0.0932. The number of halogens is 1. The Morgan fingerprint density at radius 3 is 2.28 bits per heavy atom. The van der Waals surface area contributed by atoms with Gasteiger partial charge >= 0.3 is 0 Å². The van der Waals surface area contributed by atoms with Gasteiger partial charge in [-0.2, -0.15) is 0 Å². The molecule has 4 rings (SSSR count). The van der Waals surface area contributed by atoms with Crippen molar-refractivity contribution < 1.29 is 32.9 Å². The molecule has 0 aromatic heterocycles. The molecule has 0 aliphatic carbocycles. The number of Topliss-reactive ketones (excluding diaryl/α,β-unsaturated/α-hetero) is 1. The normalized spacial score (nSPS) is 14.0. The third kappa shape index (κ3) is 4.84. The lowest BCUT2D eigenvalue weighted by atomic mass is 9.95. The van der Waals surface area contributed by atoms with Crippen LogP contribution in [0.5, 0.6) is 23.0 Å². The maximum absolute atomic E-state index is 14.8. The first-order chi connectivity index (χ1) is 17.2. The Balaban J connectivity index is 1.54. The fourth-order valence-corrected chi connectivity index (χ4v) is 4.38. The second-order valence-electron chi connectivity index (χ2n) is 8.62. The van der Waals surface area contributed by atoms with Gasteiger partial charge in [0.05, 0.1) is 27.9 Å². The smallest absolute Gasteiger partial charge is 0.251 e. The predicted molar refractivity (Wildman–Crippen MR) is 133 cm³/mol. The molecule has 1 heterocycles. The summed E-state index contributed by atoms with van der Waals surface area (Å²) in [6.45, 7) is 3.61. The predicted octanol–water partition coefficient (Wildman–Crippen LogP) is 4.76. The van der Waals surface area contributed by atoms with E-state index in [4.69, 9.17) is 18.9 Å². The molecule has 1 atom stereocenters. The number of carbonyl (C=O) groups is 2. The zero-order valence-corrected chi connectivity index (χ0v) is 20.9. The zero-order chi connectivity index (χ0) is 26.0. The molecule has 0 saturated carbocycles. The molecule has 0 unspecified atom stereocenters. The largest absolute Gasteiger partial charge is 0.493 e. The van der Waals surface area contributed by atoms with E-state index in [-0.39, 0.29) is 24.3 Å². The number of methoxy groups -OCH3 is 3. The van der Waals surface area contributed by atoms with E-state index in [1.54, 1.807) is 18.2 Å². The Kier molecular flexibility index (Phi) is 7.15.